The second-order valence-electron chi connectivity index (χ2n) is 22.7. The monoisotopic (exact) mass is 1230 g/mol. The number of para-hydroxylation sites is 6. The molecule has 4 aromatic heterocycles. The summed E-state index contributed by atoms with van der Waals surface area (Å²) in [5.74, 6) is 2.11. The number of imidazole rings is 1. The molecular weight excluding hydrogens is 1160 g/mol. The Balaban J connectivity index is 0.00000709. The summed E-state index contributed by atoms with van der Waals surface area (Å²) in [5, 5.41) is 4.36. The molecule has 0 saturated heterocycles. The van der Waals surface area contributed by atoms with Crippen LogP contribution in [-0.2, 0) is 31.9 Å². The van der Waals surface area contributed by atoms with Crippen LogP contribution in [0.2, 0.25) is 0 Å². The maximum atomic E-state index is 9.32. The summed E-state index contributed by atoms with van der Waals surface area (Å²) in [4.78, 5) is 5.06. The third kappa shape index (κ3) is 9.14. The van der Waals surface area contributed by atoms with E-state index in [2.05, 4.69) is 198 Å². The van der Waals surface area contributed by atoms with Gasteiger partial charge in [0.1, 0.15) is 5.82 Å². The molecule has 398 valence electrons. The molecule has 7 heteroatoms. The van der Waals surface area contributed by atoms with Crippen molar-refractivity contribution < 1.29 is 37.2 Å². The van der Waals surface area contributed by atoms with Crippen molar-refractivity contribution in [3.05, 3.63) is 241 Å². The number of hydrogen-bond donors (Lipinski definition) is 0. The Morgan fingerprint density at radius 3 is 1.81 bits per heavy atom. The van der Waals surface area contributed by atoms with Crippen LogP contribution in [0.15, 0.2) is 206 Å². The molecule has 0 amide bonds. The minimum absolute atomic E-state index is 0. The molecule has 0 radical (unpaired) electrons. The zero-order chi connectivity index (χ0) is 58.5. The summed E-state index contributed by atoms with van der Waals surface area (Å²) in [6.07, 6.45) is 7.68. The van der Waals surface area contributed by atoms with Crippen LogP contribution >= 0.6 is 0 Å². The van der Waals surface area contributed by atoms with Crippen LogP contribution in [0.4, 0.5) is 0 Å². The molecule has 0 bridgehead atoms. The van der Waals surface area contributed by atoms with Crippen molar-refractivity contribution in [2.45, 2.75) is 85.0 Å². The third-order valence-corrected chi connectivity index (χ3v) is 15.7. The topological polar surface area (TPSA) is 40.8 Å². The molecule has 4 heterocycles. The van der Waals surface area contributed by atoms with Gasteiger partial charge in [-0.2, -0.15) is 12.1 Å². The van der Waals surface area contributed by atoms with Gasteiger partial charge in [-0.25, -0.2) is 4.98 Å². The van der Waals surface area contributed by atoms with Crippen molar-refractivity contribution in [2.24, 2.45) is 0 Å². The number of ether oxygens (including phenoxy) is 1. The quantitative estimate of drug-likeness (QED) is 0.0956. The van der Waals surface area contributed by atoms with E-state index in [-0.39, 0.29) is 49.5 Å². The molecular formula is C73H63N5OPt-2. The molecule has 13 aromatic rings. The summed E-state index contributed by atoms with van der Waals surface area (Å²) in [6, 6.07) is 64.0. The van der Waals surface area contributed by atoms with Gasteiger partial charge >= 0.3 is 0 Å². The maximum Gasteiger partial charge on any atom is 0.268 e. The predicted molar refractivity (Wildman–Crippen MR) is 326 cm³/mol. The van der Waals surface area contributed by atoms with Crippen molar-refractivity contribution in [2.75, 3.05) is 0 Å². The number of benzene rings is 9. The van der Waals surface area contributed by atoms with Crippen molar-refractivity contribution in [3.63, 3.8) is 0 Å². The van der Waals surface area contributed by atoms with E-state index in [4.69, 9.17) is 13.8 Å². The Morgan fingerprint density at radius 1 is 0.575 bits per heavy atom. The first-order chi connectivity index (χ1) is 40.4. The van der Waals surface area contributed by atoms with E-state index in [1.165, 1.54) is 5.56 Å². The largest absolute Gasteiger partial charge is 0.510 e. The third-order valence-electron chi connectivity index (χ3n) is 15.7. The average molecular weight is 1230 g/mol. The molecule has 0 unspecified atom stereocenters. The fourth-order valence-electron chi connectivity index (χ4n) is 11.6. The van der Waals surface area contributed by atoms with Gasteiger partial charge < -0.3 is 18.4 Å². The molecule has 0 saturated carbocycles. The molecule has 0 atom stereocenters. The van der Waals surface area contributed by atoms with Gasteiger partial charge in [0, 0.05) is 55.1 Å². The van der Waals surface area contributed by atoms with Crippen molar-refractivity contribution >= 4 is 54.6 Å². The Kier molecular flexibility index (Phi) is 12.1. The zero-order valence-electron chi connectivity index (χ0n) is 51.2. The van der Waals surface area contributed by atoms with Crippen LogP contribution < -0.4 is 9.30 Å². The Morgan fingerprint density at radius 2 is 1.16 bits per heavy atom. The summed E-state index contributed by atoms with van der Waals surface area (Å²) in [5.41, 5.74) is 13.1. The van der Waals surface area contributed by atoms with Gasteiger partial charge in [-0.15, -0.1) is 24.3 Å². The minimum atomic E-state index is -0.449. The number of hydrogen-bond acceptors (Lipinski definition) is 2. The molecule has 13 rings (SSSR count). The van der Waals surface area contributed by atoms with Gasteiger partial charge in [0.05, 0.1) is 34.6 Å². The average Bonchev–Trinajstić information content (AvgIpc) is 1.69. The maximum absolute atomic E-state index is 9.32. The van der Waals surface area contributed by atoms with Gasteiger partial charge in [0.25, 0.3) is 6.33 Å². The Bertz CT molecular complexity index is 4670. The van der Waals surface area contributed by atoms with Crippen molar-refractivity contribution in [3.8, 4) is 56.6 Å². The van der Waals surface area contributed by atoms with E-state index < -0.39 is 18.1 Å². The zero-order valence-corrected chi connectivity index (χ0v) is 48.5. The molecule has 0 aliphatic carbocycles. The van der Waals surface area contributed by atoms with Crippen LogP contribution in [0, 0.1) is 18.5 Å². The van der Waals surface area contributed by atoms with Crippen LogP contribution in [0.3, 0.4) is 0 Å². The normalized spacial score (nSPS) is 13.0. The molecule has 9 aromatic carbocycles. The second kappa shape index (κ2) is 20.7. The van der Waals surface area contributed by atoms with Crippen molar-refractivity contribution in [1.82, 2.24) is 18.7 Å². The second-order valence-corrected chi connectivity index (χ2v) is 22.7. The fraction of sp³-hybridized carbons (Fsp3) is 0.178. The molecule has 0 fully saturated rings. The van der Waals surface area contributed by atoms with E-state index in [1.54, 1.807) is 0 Å². The Hall–Kier alpha value is -8.31. The van der Waals surface area contributed by atoms with E-state index >= 15 is 0 Å². The number of fused-ring (bicyclic) bond motifs is 7. The van der Waals surface area contributed by atoms with Gasteiger partial charge in [-0.05, 0) is 116 Å². The summed E-state index contributed by atoms with van der Waals surface area (Å²) < 4.78 is 60.5. The van der Waals surface area contributed by atoms with Gasteiger partial charge in [0.15, 0.2) is 0 Å². The summed E-state index contributed by atoms with van der Waals surface area (Å²) in [6.45, 7) is 17.7. The standard InChI is InChI=1S/C73H63N5O.Pt/c1-9-48(10-2)50-38-39-74-69(42-50)78-64-35-19-16-30-61(64)70-67(77-62-33-17-14-28-59(62)60-29-15-18-34-63(60)77)45-56(46-68(70)78)79-55-27-22-26-54(44-55)75-47-76(66-37-21-20-36-65(66)75)71-57(49-24-12-11-13-25-49)31-23-32-58(71)51-40-52(72(3,4)5)43-53(41-51)73(6,7)8;/h11-43,45,48H,9-10H2,1-8H3;/q-2;/i11D,12D,13D,24D,25D;. The van der Waals surface area contributed by atoms with Crippen LogP contribution in [0.25, 0.3) is 99.8 Å². The molecule has 80 heavy (non-hydrogen) atoms. The number of pyridine rings is 1. The van der Waals surface area contributed by atoms with E-state index in [1.807, 2.05) is 69.9 Å². The number of nitrogens with zero attached hydrogens (tertiary/aromatic N) is 5. The summed E-state index contributed by atoms with van der Waals surface area (Å²) in [7, 11) is 0. The SMILES string of the molecule is [2H]c1c([2H])c([2H])c(-c2cccc(-c3cc(C(C)(C)C)cc(C(C)(C)C)c3)c2-[n+]2[c-]n(-c3[c-]c(Oc4[c-]c5c(c(-n6c7ccccc7c7ccccc76)c4)c4ccccc4n5-c4cc(C(CC)CC)ccn4)ccc3)c3ccccc32)c([2H])c1[2H].[Pt]. The molecule has 0 N–H and O–H groups in total. The minimum Gasteiger partial charge on any atom is -0.510 e. The first-order valence-corrected chi connectivity index (χ1v) is 27.4. The van der Waals surface area contributed by atoms with Crippen LogP contribution in [0.5, 0.6) is 11.5 Å². The number of rotatable bonds is 11. The van der Waals surface area contributed by atoms with Crippen molar-refractivity contribution in [1.29, 1.82) is 0 Å². The van der Waals surface area contributed by atoms with Crippen LogP contribution in [-0.4, -0.2) is 18.7 Å². The number of aromatic nitrogens is 5. The van der Waals surface area contributed by atoms with Gasteiger partial charge in [-0.1, -0.05) is 212 Å². The van der Waals surface area contributed by atoms with Gasteiger partial charge in [0.2, 0.25) is 0 Å². The molecule has 0 aliphatic rings. The summed E-state index contributed by atoms with van der Waals surface area (Å²) >= 11 is 0. The fourth-order valence-corrected chi connectivity index (χ4v) is 11.6. The Labute approximate surface area is 490 Å². The van der Waals surface area contributed by atoms with E-state index in [9.17, 15) is 2.74 Å². The molecule has 0 spiro atoms. The first-order valence-electron chi connectivity index (χ1n) is 29.9. The smallest absolute Gasteiger partial charge is 0.268 e. The van der Waals surface area contributed by atoms with Crippen LogP contribution in [0.1, 0.15) is 97.7 Å². The predicted octanol–water partition coefficient (Wildman–Crippen LogP) is 18.5. The van der Waals surface area contributed by atoms with E-state index in [0.29, 0.717) is 34.4 Å². The molecule has 0 aliphatic heterocycles. The first kappa shape index (κ1) is 46.6. The van der Waals surface area contributed by atoms with E-state index in [0.717, 1.165) is 101 Å². The molecule has 6 nitrogen and oxygen atoms in total. The van der Waals surface area contributed by atoms with Gasteiger partial charge in [-0.3, -0.25) is 4.57 Å².